The van der Waals surface area contributed by atoms with Crippen LogP contribution in [0.3, 0.4) is 0 Å². The molecule has 0 fully saturated rings. The number of carbonyl (C=O) groups excluding carboxylic acids is 1. The fourth-order valence-corrected chi connectivity index (χ4v) is 2.48. The van der Waals surface area contributed by atoms with Crippen LogP contribution in [-0.4, -0.2) is 16.8 Å². The van der Waals surface area contributed by atoms with Gasteiger partial charge in [-0.3, -0.25) is 4.79 Å². The maximum Gasteiger partial charge on any atom is 0.290 e. The van der Waals surface area contributed by atoms with Crippen LogP contribution in [0.1, 0.15) is 29.3 Å². The Morgan fingerprint density at radius 1 is 1.44 bits per heavy atom. The Labute approximate surface area is 115 Å². The normalized spacial score (nSPS) is 10.9. The molecule has 0 unspecified atom stereocenters. The number of amides is 1. The van der Waals surface area contributed by atoms with Crippen molar-refractivity contribution in [2.45, 2.75) is 26.4 Å². The van der Waals surface area contributed by atoms with Gasteiger partial charge in [0.05, 0.1) is 6.54 Å². The maximum atomic E-state index is 12.3. The van der Waals surface area contributed by atoms with E-state index in [4.69, 9.17) is 16.0 Å². The lowest BCUT2D eigenvalue weighted by atomic mass is 10.2. The molecule has 1 amide bonds. The van der Waals surface area contributed by atoms with Crippen molar-refractivity contribution in [2.24, 2.45) is 0 Å². The quantitative estimate of drug-likeness (QED) is 0.848. The minimum atomic E-state index is -0.134. The summed E-state index contributed by atoms with van der Waals surface area (Å²) in [6.45, 7) is 4.55. The molecule has 2 heterocycles. The number of thiophene rings is 1. The predicted molar refractivity (Wildman–Crippen MR) is 73.0 cm³/mol. The van der Waals surface area contributed by atoms with E-state index in [0.29, 0.717) is 6.54 Å². The molecular weight excluding hydrogens is 270 g/mol. The van der Waals surface area contributed by atoms with E-state index in [9.17, 15) is 4.79 Å². The fraction of sp³-hybridized carbons (Fsp3) is 0.308. The van der Waals surface area contributed by atoms with Crippen molar-refractivity contribution < 1.29 is 9.21 Å². The highest BCUT2D eigenvalue weighted by Crippen LogP contribution is 2.19. The minimum absolute atomic E-state index is 0.100. The van der Waals surface area contributed by atoms with Gasteiger partial charge in [0.25, 0.3) is 5.91 Å². The summed E-state index contributed by atoms with van der Waals surface area (Å²) in [5.41, 5.74) is 0. The van der Waals surface area contributed by atoms with Crippen LogP contribution >= 0.6 is 22.9 Å². The molecule has 0 radical (unpaired) electrons. The Morgan fingerprint density at radius 2 is 2.22 bits per heavy atom. The third-order valence-corrected chi connectivity index (χ3v) is 3.64. The number of rotatable bonds is 4. The average Bonchev–Trinajstić information content (AvgIpc) is 2.95. The molecular formula is C13H14ClNO2S. The number of hydrogen-bond donors (Lipinski definition) is 0. The highest BCUT2D eigenvalue weighted by atomic mass is 35.5. The first-order valence-electron chi connectivity index (χ1n) is 5.66. The number of nitrogens with zero attached hydrogens (tertiary/aromatic N) is 1. The van der Waals surface area contributed by atoms with Crippen molar-refractivity contribution in [3.8, 4) is 0 Å². The third kappa shape index (κ3) is 2.94. The summed E-state index contributed by atoms with van der Waals surface area (Å²) in [7, 11) is 0. The van der Waals surface area contributed by atoms with E-state index < -0.39 is 0 Å². The molecule has 3 nitrogen and oxygen atoms in total. The van der Waals surface area contributed by atoms with E-state index in [0.717, 1.165) is 4.88 Å². The molecule has 0 saturated heterocycles. The first-order chi connectivity index (χ1) is 8.58. The second-order valence-corrected chi connectivity index (χ2v) is 5.61. The molecule has 2 aromatic rings. The molecule has 5 heteroatoms. The third-order valence-electron chi connectivity index (χ3n) is 2.57. The van der Waals surface area contributed by atoms with Gasteiger partial charge in [0.2, 0.25) is 0 Å². The number of hydrogen-bond acceptors (Lipinski definition) is 3. The first-order valence-corrected chi connectivity index (χ1v) is 6.92. The van der Waals surface area contributed by atoms with Gasteiger partial charge in [-0.05, 0) is 49.0 Å². The van der Waals surface area contributed by atoms with Gasteiger partial charge in [-0.15, -0.1) is 11.3 Å². The van der Waals surface area contributed by atoms with Gasteiger partial charge in [-0.25, -0.2) is 0 Å². The lowest BCUT2D eigenvalue weighted by Gasteiger charge is -2.25. The zero-order valence-corrected chi connectivity index (χ0v) is 11.8. The Morgan fingerprint density at radius 3 is 2.72 bits per heavy atom. The molecule has 0 spiro atoms. The molecule has 0 atom stereocenters. The SMILES string of the molecule is CC(C)N(Cc1cccs1)C(=O)c1ccc(Cl)o1. The fourth-order valence-electron chi connectivity index (χ4n) is 1.63. The van der Waals surface area contributed by atoms with Gasteiger partial charge < -0.3 is 9.32 Å². The lowest BCUT2D eigenvalue weighted by molar-refractivity contribution is 0.0659. The van der Waals surface area contributed by atoms with E-state index >= 15 is 0 Å². The van der Waals surface area contributed by atoms with Crippen LogP contribution in [0.5, 0.6) is 0 Å². The van der Waals surface area contributed by atoms with Crippen LogP contribution in [0.25, 0.3) is 0 Å². The van der Waals surface area contributed by atoms with Crippen LogP contribution in [0.15, 0.2) is 34.1 Å². The maximum absolute atomic E-state index is 12.3. The van der Waals surface area contributed by atoms with E-state index in [1.54, 1.807) is 28.4 Å². The second kappa shape index (κ2) is 5.59. The highest BCUT2D eigenvalue weighted by Gasteiger charge is 2.22. The monoisotopic (exact) mass is 283 g/mol. The van der Waals surface area contributed by atoms with Crippen LogP contribution < -0.4 is 0 Å². The molecule has 0 saturated carbocycles. The minimum Gasteiger partial charge on any atom is -0.440 e. The van der Waals surface area contributed by atoms with E-state index in [1.807, 2.05) is 31.4 Å². The number of carbonyl (C=O) groups is 1. The van der Waals surface area contributed by atoms with Crippen LogP contribution in [0, 0.1) is 0 Å². The summed E-state index contributed by atoms with van der Waals surface area (Å²) in [6.07, 6.45) is 0. The second-order valence-electron chi connectivity index (χ2n) is 4.21. The van der Waals surface area contributed by atoms with E-state index in [1.165, 1.54) is 0 Å². The van der Waals surface area contributed by atoms with Crippen molar-refractivity contribution in [3.63, 3.8) is 0 Å². The standard InChI is InChI=1S/C13H14ClNO2S/c1-9(2)15(8-10-4-3-7-18-10)13(16)11-5-6-12(14)17-11/h3-7,9H,8H2,1-2H3. The molecule has 0 aliphatic heterocycles. The molecule has 2 aromatic heterocycles. The van der Waals surface area contributed by atoms with Gasteiger partial charge in [-0.2, -0.15) is 0 Å². The molecule has 0 bridgehead atoms. The molecule has 2 rings (SSSR count). The van der Waals surface area contributed by atoms with Gasteiger partial charge >= 0.3 is 0 Å². The summed E-state index contributed by atoms with van der Waals surface area (Å²) in [6, 6.07) is 7.28. The summed E-state index contributed by atoms with van der Waals surface area (Å²) in [5, 5.41) is 2.24. The Balaban J connectivity index is 2.17. The van der Waals surface area contributed by atoms with Gasteiger partial charge in [0, 0.05) is 10.9 Å². The molecule has 96 valence electrons. The van der Waals surface area contributed by atoms with Crippen molar-refractivity contribution >= 4 is 28.8 Å². The molecule has 0 aromatic carbocycles. The van der Waals surface area contributed by atoms with Crippen molar-refractivity contribution in [2.75, 3.05) is 0 Å². The van der Waals surface area contributed by atoms with E-state index in [-0.39, 0.29) is 22.9 Å². The topological polar surface area (TPSA) is 33.5 Å². The van der Waals surface area contributed by atoms with Crippen molar-refractivity contribution in [3.05, 3.63) is 45.5 Å². The van der Waals surface area contributed by atoms with Crippen LogP contribution in [0.2, 0.25) is 5.22 Å². The predicted octanol–water partition coefficient (Wildman–Crippen LogP) is 4.05. The highest BCUT2D eigenvalue weighted by molar-refractivity contribution is 7.09. The summed E-state index contributed by atoms with van der Waals surface area (Å²) < 4.78 is 5.17. The average molecular weight is 284 g/mol. The molecule has 0 aliphatic rings. The van der Waals surface area contributed by atoms with Crippen molar-refractivity contribution in [1.82, 2.24) is 4.90 Å². The van der Waals surface area contributed by atoms with Crippen molar-refractivity contribution in [1.29, 1.82) is 0 Å². The van der Waals surface area contributed by atoms with Gasteiger partial charge in [0.1, 0.15) is 0 Å². The van der Waals surface area contributed by atoms with E-state index in [2.05, 4.69) is 0 Å². The zero-order valence-electron chi connectivity index (χ0n) is 10.2. The molecule has 0 aliphatic carbocycles. The largest absolute Gasteiger partial charge is 0.440 e. The molecule has 0 N–H and O–H groups in total. The lowest BCUT2D eigenvalue weighted by Crippen LogP contribution is -2.35. The Kier molecular flexibility index (Phi) is 4.09. The zero-order chi connectivity index (χ0) is 13.1. The summed E-state index contributed by atoms with van der Waals surface area (Å²) >= 11 is 7.33. The summed E-state index contributed by atoms with van der Waals surface area (Å²) in [5.74, 6) is 0.149. The van der Waals surface area contributed by atoms with Crippen LogP contribution in [-0.2, 0) is 6.54 Å². The summed E-state index contributed by atoms with van der Waals surface area (Å²) in [4.78, 5) is 15.2. The first kappa shape index (κ1) is 13.2. The smallest absolute Gasteiger partial charge is 0.290 e. The van der Waals surface area contributed by atoms with Crippen LogP contribution in [0.4, 0.5) is 0 Å². The Hall–Kier alpha value is -1.26. The van der Waals surface area contributed by atoms with Gasteiger partial charge in [-0.1, -0.05) is 6.07 Å². The number of furan rings is 1. The molecule has 18 heavy (non-hydrogen) atoms. The van der Waals surface area contributed by atoms with Gasteiger partial charge in [0.15, 0.2) is 11.0 Å². The Bertz CT molecular complexity index is 519. The number of halogens is 1.